The lowest BCUT2D eigenvalue weighted by molar-refractivity contribution is -0.0742. The summed E-state index contributed by atoms with van der Waals surface area (Å²) in [6.45, 7) is 2.80. The number of hydrogen-bond acceptors (Lipinski definition) is 3. The van der Waals surface area contributed by atoms with E-state index < -0.39 is 0 Å². The van der Waals surface area contributed by atoms with Gasteiger partial charge in [0.2, 0.25) is 0 Å². The number of H-pyrrole nitrogens is 1. The van der Waals surface area contributed by atoms with E-state index in [1.165, 1.54) is 11.1 Å². The van der Waals surface area contributed by atoms with Gasteiger partial charge in [-0.25, -0.2) is 0 Å². The maximum atomic E-state index is 13.2. The smallest absolute Gasteiger partial charge is 0.270 e. The zero-order valence-corrected chi connectivity index (χ0v) is 18.1. The van der Waals surface area contributed by atoms with Crippen molar-refractivity contribution >= 4 is 28.4 Å². The number of carbonyl (C=O) groups is 1. The van der Waals surface area contributed by atoms with Gasteiger partial charge in [-0.3, -0.25) is 4.79 Å². The third kappa shape index (κ3) is 3.31. The number of ether oxygens (including phenoxy) is 1. The van der Waals surface area contributed by atoms with E-state index in [9.17, 15) is 4.79 Å². The first kappa shape index (κ1) is 19.6. The van der Waals surface area contributed by atoms with Crippen LogP contribution in [-0.4, -0.2) is 47.9 Å². The Kier molecular flexibility index (Phi) is 4.85. The van der Waals surface area contributed by atoms with E-state index in [1.807, 2.05) is 37.2 Å². The van der Waals surface area contributed by atoms with Crippen molar-refractivity contribution in [2.45, 2.75) is 31.6 Å². The van der Waals surface area contributed by atoms with Crippen molar-refractivity contribution in [3.8, 4) is 0 Å². The summed E-state index contributed by atoms with van der Waals surface area (Å²) >= 11 is 6.31. The first-order valence-electron chi connectivity index (χ1n) is 10.4. The second-order valence-corrected chi connectivity index (χ2v) is 9.12. The molecule has 0 bridgehead atoms. The van der Waals surface area contributed by atoms with E-state index in [-0.39, 0.29) is 11.5 Å². The number of aromatic amines is 1. The van der Waals surface area contributed by atoms with Crippen LogP contribution < -0.4 is 0 Å². The fraction of sp³-hybridized carbons (Fsp3) is 0.375. The Morgan fingerprint density at radius 3 is 2.73 bits per heavy atom. The summed E-state index contributed by atoms with van der Waals surface area (Å²) in [6, 6.07) is 14.3. The molecule has 1 saturated heterocycles. The summed E-state index contributed by atoms with van der Waals surface area (Å²) in [5.41, 5.74) is 5.04. The van der Waals surface area contributed by atoms with Crippen LogP contribution in [0.1, 0.15) is 40.0 Å². The predicted octanol–water partition coefficient (Wildman–Crippen LogP) is 4.54. The molecule has 0 unspecified atom stereocenters. The second kappa shape index (κ2) is 7.41. The Hall–Kier alpha value is -2.34. The van der Waals surface area contributed by atoms with Crippen molar-refractivity contribution in [3.05, 3.63) is 69.9 Å². The van der Waals surface area contributed by atoms with Crippen molar-refractivity contribution in [1.29, 1.82) is 0 Å². The van der Waals surface area contributed by atoms with Gasteiger partial charge in [-0.2, -0.15) is 0 Å². The van der Waals surface area contributed by atoms with Crippen LogP contribution in [0.3, 0.4) is 0 Å². The van der Waals surface area contributed by atoms with Gasteiger partial charge in [0.1, 0.15) is 5.69 Å². The fourth-order valence-electron chi connectivity index (χ4n) is 4.90. The molecule has 2 aliphatic rings. The molecule has 0 radical (unpaired) electrons. The van der Waals surface area contributed by atoms with Crippen LogP contribution in [-0.2, 0) is 23.5 Å². The molecule has 3 aromatic rings. The SMILES string of the molecule is CN(C)Cc1cc(Cl)cc2cc(C(=O)N3CCC4(CC3)OCc3ccccc34)[nH]c12. The third-order valence-electron chi connectivity index (χ3n) is 6.36. The largest absolute Gasteiger partial charge is 0.365 e. The Morgan fingerprint density at radius 1 is 1.20 bits per heavy atom. The summed E-state index contributed by atoms with van der Waals surface area (Å²) in [7, 11) is 4.04. The van der Waals surface area contributed by atoms with E-state index in [0.29, 0.717) is 30.4 Å². The molecule has 30 heavy (non-hydrogen) atoms. The Balaban J connectivity index is 1.37. The third-order valence-corrected chi connectivity index (χ3v) is 6.58. The molecule has 1 amide bonds. The number of fused-ring (bicyclic) bond motifs is 3. The summed E-state index contributed by atoms with van der Waals surface area (Å²) in [5.74, 6) is 0.0410. The number of piperidine rings is 1. The number of hydrogen-bond donors (Lipinski definition) is 1. The molecular weight excluding hydrogens is 398 g/mol. The number of nitrogens with one attached hydrogen (secondary N) is 1. The monoisotopic (exact) mass is 423 g/mol. The van der Waals surface area contributed by atoms with Crippen LogP contribution >= 0.6 is 11.6 Å². The molecule has 1 spiro atoms. The van der Waals surface area contributed by atoms with Gasteiger partial charge in [0, 0.05) is 30.0 Å². The highest BCUT2D eigenvalue weighted by Crippen LogP contribution is 2.44. The lowest BCUT2D eigenvalue weighted by atomic mass is 9.84. The molecule has 0 saturated carbocycles. The number of amides is 1. The minimum Gasteiger partial charge on any atom is -0.365 e. The van der Waals surface area contributed by atoms with Crippen molar-refractivity contribution in [2.75, 3.05) is 27.2 Å². The molecule has 5 nitrogen and oxygen atoms in total. The number of likely N-dealkylation sites (tertiary alicyclic amines) is 1. The highest BCUT2D eigenvalue weighted by atomic mass is 35.5. The molecule has 0 atom stereocenters. The molecule has 3 heterocycles. The second-order valence-electron chi connectivity index (χ2n) is 8.68. The molecule has 2 aliphatic heterocycles. The van der Waals surface area contributed by atoms with E-state index in [0.717, 1.165) is 35.9 Å². The van der Waals surface area contributed by atoms with Gasteiger partial charge in [-0.1, -0.05) is 35.9 Å². The number of nitrogens with zero attached hydrogens (tertiary/aromatic N) is 2. The lowest BCUT2D eigenvalue weighted by Gasteiger charge is -2.39. The van der Waals surface area contributed by atoms with Crippen molar-refractivity contribution in [2.24, 2.45) is 0 Å². The first-order chi connectivity index (χ1) is 14.4. The molecule has 1 fully saturated rings. The number of benzene rings is 2. The van der Waals surface area contributed by atoms with Crippen LogP contribution in [0.25, 0.3) is 10.9 Å². The van der Waals surface area contributed by atoms with Gasteiger partial charge in [0.25, 0.3) is 5.91 Å². The van der Waals surface area contributed by atoms with E-state index in [1.54, 1.807) is 0 Å². The standard InChI is InChI=1S/C24H26ClN3O2/c1-27(2)14-18-12-19(25)11-17-13-21(26-22(17)18)23(29)28-9-7-24(8-10-28)20-6-4-3-5-16(20)15-30-24/h3-6,11-13,26H,7-10,14-15H2,1-2H3. The van der Waals surface area contributed by atoms with E-state index >= 15 is 0 Å². The van der Waals surface area contributed by atoms with Crippen molar-refractivity contribution in [3.63, 3.8) is 0 Å². The average Bonchev–Trinajstić information content (AvgIpc) is 3.30. The minimum atomic E-state index is -0.236. The normalized spacial score (nSPS) is 17.8. The Bertz CT molecular complexity index is 1110. The van der Waals surface area contributed by atoms with Gasteiger partial charge < -0.3 is 19.5 Å². The molecule has 2 aromatic carbocycles. The topological polar surface area (TPSA) is 48.6 Å². The van der Waals surface area contributed by atoms with Crippen molar-refractivity contribution < 1.29 is 9.53 Å². The fourth-order valence-corrected chi connectivity index (χ4v) is 5.15. The molecule has 0 aliphatic carbocycles. The summed E-state index contributed by atoms with van der Waals surface area (Å²) in [6.07, 6.45) is 1.65. The minimum absolute atomic E-state index is 0.0410. The highest BCUT2D eigenvalue weighted by Gasteiger charge is 2.43. The maximum Gasteiger partial charge on any atom is 0.270 e. The Labute approximate surface area is 181 Å². The maximum absolute atomic E-state index is 13.2. The van der Waals surface area contributed by atoms with Crippen LogP contribution in [0, 0.1) is 0 Å². The van der Waals surface area contributed by atoms with Gasteiger partial charge in [0.15, 0.2) is 0 Å². The van der Waals surface area contributed by atoms with Gasteiger partial charge in [-0.15, -0.1) is 0 Å². The van der Waals surface area contributed by atoms with E-state index in [2.05, 4.69) is 34.1 Å². The molecular formula is C24H26ClN3O2. The number of rotatable bonds is 3. The lowest BCUT2D eigenvalue weighted by Crippen LogP contribution is -2.45. The zero-order valence-electron chi connectivity index (χ0n) is 17.4. The highest BCUT2D eigenvalue weighted by molar-refractivity contribution is 6.31. The van der Waals surface area contributed by atoms with Crippen LogP contribution in [0.2, 0.25) is 5.02 Å². The van der Waals surface area contributed by atoms with E-state index in [4.69, 9.17) is 16.3 Å². The first-order valence-corrected chi connectivity index (χ1v) is 10.8. The average molecular weight is 424 g/mol. The van der Waals surface area contributed by atoms with Crippen LogP contribution in [0.15, 0.2) is 42.5 Å². The summed E-state index contributed by atoms with van der Waals surface area (Å²) in [5, 5.41) is 1.67. The molecule has 1 aromatic heterocycles. The number of aromatic nitrogens is 1. The zero-order chi connectivity index (χ0) is 20.9. The van der Waals surface area contributed by atoms with Gasteiger partial charge in [-0.05, 0) is 61.8 Å². The quantitative estimate of drug-likeness (QED) is 0.672. The van der Waals surface area contributed by atoms with Gasteiger partial charge >= 0.3 is 0 Å². The Morgan fingerprint density at radius 2 is 1.97 bits per heavy atom. The summed E-state index contributed by atoms with van der Waals surface area (Å²) in [4.78, 5) is 20.6. The van der Waals surface area contributed by atoms with Gasteiger partial charge in [0.05, 0.1) is 17.7 Å². The van der Waals surface area contributed by atoms with Crippen LogP contribution in [0.4, 0.5) is 0 Å². The number of carbonyl (C=O) groups excluding carboxylic acids is 1. The van der Waals surface area contributed by atoms with Crippen LogP contribution in [0.5, 0.6) is 0 Å². The molecule has 156 valence electrons. The predicted molar refractivity (Wildman–Crippen MR) is 119 cm³/mol. The molecule has 5 rings (SSSR count). The molecule has 1 N–H and O–H groups in total. The summed E-state index contributed by atoms with van der Waals surface area (Å²) < 4.78 is 6.23. The number of halogens is 1. The molecule has 6 heteroatoms. The van der Waals surface area contributed by atoms with Crippen molar-refractivity contribution in [1.82, 2.24) is 14.8 Å².